The number of carbonyl (C=O) groups excluding carboxylic acids is 1. The summed E-state index contributed by atoms with van der Waals surface area (Å²) < 4.78 is 65.4. The number of pyridine rings is 1. The fourth-order valence-corrected chi connectivity index (χ4v) is 4.57. The number of aromatic nitrogens is 4. The Morgan fingerprint density at radius 2 is 1.85 bits per heavy atom. The Morgan fingerprint density at radius 1 is 1.12 bits per heavy atom. The Hall–Kier alpha value is -3.90. The molecule has 3 aromatic rings. The minimum absolute atomic E-state index is 0.0617. The molecular weight excluding hydrogens is 532 g/mol. The van der Waals surface area contributed by atoms with Crippen LogP contribution in [0.1, 0.15) is 46.6 Å². The zero-order valence-electron chi connectivity index (χ0n) is 23.0. The number of hydrogen-bond acceptors (Lipinski definition) is 6. The standard InChI is InChI=1S/C27H32F4N6O3/c1-6-9-37-24(38)36(16-33-37)22-8-7-18(13-21(22)28)19-12-20(27(29,30)31)23(32-14-19)35-11-10-34(15-17(35)2)25(39)40-26(3,4)5/h7-8,12-14,16-17H,6,9-11,15H2,1-5H3. The zero-order valence-corrected chi connectivity index (χ0v) is 23.0. The molecule has 3 heterocycles. The van der Waals surface area contributed by atoms with Gasteiger partial charge in [-0.1, -0.05) is 13.0 Å². The molecule has 9 nitrogen and oxygen atoms in total. The Morgan fingerprint density at radius 3 is 2.45 bits per heavy atom. The Bertz CT molecular complexity index is 1440. The second kappa shape index (κ2) is 10.9. The van der Waals surface area contributed by atoms with Crippen LogP contribution in [0.5, 0.6) is 0 Å². The van der Waals surface area contributed by atoms with E-state index >= 15 is 4.39 Å². The molecule has 0 spiro atoms. The lowest BCUT2D eigenvalue weighted by atomic mass is 10.0. The highest BCUT2D eigenvalue weighted by atomic mass is 19.4. The van der Waals surface area contributed by atoms with Crippen molar-refractivity contribution in [3.8, 4) is 16.8 Å². The molecule has 4 rings (SSSR count). The molecule has 1 amide bonds. The molecule has 0 N–H and O–H groups in total. The minimum atomic E-state index is -4.74. The van der Waals surface area contributed by atoms with Crippen molar-refractivity contribution in [1.82, 2.24) is 24.2 Å². The Balaban J connectivity index is 1.62. The number of ether oxygens (including phenoxy) is 1. The highest BCUT2D eigenvalue weighted by Gasteiger charge is 2.39. The van der Waals surface area contributed by atoms with Crippen LogP contribution >= 0.6 is 0 Å². The van der Waals surface area contributed by atoms with Gasteiger partial charge in [0.15, 0.2) is 0 Å². The van der Waals surface area contributed by atoms with Crippen LogP contribution in [0.25, 0.3) is 16.8 Å². The molecule has 216 valence electrons. The van der Waals surface area contributed by atoms with Crippen LogP contribution in [-0.4, -0.2) is 61.6 Å². The van der Waals surface area contributed by atoms with Crippen LogP contribution in [0.3, 0.4) is 0 Å². The van der Waals surface area contributed by atoms with Crippen LogP contribution < -0.4 is 10.6 Å². The van der Waals surface area contributed by atoms with E-state index in [9.17, 15) is 22.8 Å². The van der Waals surface area contributed by atoms with Crippen molar-refractivity contribution < 1.29 is 27.1 Å². The highest BCUT2D eigenvalue weighted by molar-refractivity contribution is 5.70. The van der Waals surface area contributed by atoms with Crippen molar-refractivity contribution in [3.05, 3.63) is 58.7 Å². The van der Waals surface area contributed by atoms with E-state index < -0.39 is 41.0 Å². The van der Waals surface area contributed by atoms with Crippen LogP contribution in [0.15, 0.2) is 41.6 Å². The van der Waals surface area contributed by atoms with Gasteiger partial charge in [0.2, 0.25) is 0 Å². The van der Waals surface area contributed by atoms with Gasteiger partial charge < -0.3 is 14.5 Å². The number of nitrogens with zero attached hydrogens (tertiary/aromatic N) is 6. The number of carbonyl (C=O) groups is 1. The van der Waals surface area contributed by atoms with Gasteiger partial charge in [-0.3, -0.25) is 0 Å². The quantitative estimate of drug-likeness (QED) is 0.401. The molecule has 1 aromatic carbocycles. The van der Waals surface area contributed by atoms with Gasteiger partial charge in [-0.2, -0.15) is 18.3 Å². The number of halogens is 4. The average Bonchev–Trinajstić information content (AvgIpc) is 3.22. The highest BCUT2D eigenvalue weighted by Crippen LogP contribution is 2.39. The van der Waals surface area contributed by atoms with E-state index in [2.05, 4.69) is 10.1 Å². The van der Waals surface area contributed by atoms with Gasteiger partial charge in [-0.15, -0.1) is 0 Å². The number of aryl methyl sites for hydroxylation is 1. The number of piperazine rings is 1. The fraction of sp³-hybridized carbons (Fsp3) is 0.481. The second-order valence-electron chi connectivity index (χ2n) is 10.7. The monoisotopic (exact) mass is 564 g/mol. The van der Waals surface area contributed by atoms with Crippen molar-refractivity contribution in [3.63, 3.8) is 0 Å². The molecule has 0 saturated carbocycles. The van der Waals surface area contributed by atoms with Crippen LogP contribution in [0, 0.1) is 5.82 Å². The third-order valence-corrected chi connectivity index (χ3v) is 6.43. The second-order valence-corrected chi connectivity index (χ2v) is 10.7. The molecule has 2 aromatic heterocycles. The molecule has 1 saturated heterocycles. The van der Waals surface area contributed by atoms with Crippen molar-refractivity contribution in [1.29, 1.82) is 0 Å². The first kappa shape index (κ1) is 29.1. The van der Waals surface area contributed by atoms with Gasteiger partial charge in [0.1, 0.15) is 23.6 Å². The summed E-state index contributed by atoms with van der Waals surface area (Å²) in [5, 5.41) is 3.96. The minimum Gasteiger partial charge on any atom is -0.444 e. The van der Waals surface area contributed by atoms with Gasteiger partial charge in [-0.25, -0.2) is 28.2 Å². The molecule has 0 bridgehead atoms. The lowest BCUT2D eigenvalue weighted by Crippen LogP contribution is -2.55. The summed E-state index contributed by atoms with van der Waals surface area (Å²) in [5.74, 6) is -1.06. The summed E-state index contributed by atoms with van der Waals surface area (Å²) in [6.07, 6.45) is -2.13. The maximum absolute atomic E-state index is 15.1. The molecule has 1 fully saturated rings. The third-order valence-electron chi connectivity index (χ3n) is 6.43. The van der Waals surface area contributed by atoms with E-state index in [0.717, 1.165) is 16.7 Å². The number of benzene rings is 1. The van der Waals surface area contributed by atoms with Crippen LogP contribution in [0.4, 0.5) is 28.2 Å². The number of rotatable bonds is 5. The van der Waals surface area contributed by atoms with Crippen molar-refractivity contribution in [2.24, 2.45) is 0 Å². The lowest BCUT2D eigenvalue weighted by molar-refractivity contribution is -0.137. The van der Waals surface area contributed by atoms with E-state index in [1.54, 1.807) is 27.7 Å². The normalized spacial score (nSPS) is 16.4. The number of anilines is 1. The fourth-order valence-electron chi connectivity index (χ4n) is 4.57. The van der Waals surface area contributed by atoms with Crippen LogP contribution in [0.2, 0.25) is 0 Å². The summed E-state index contributed by atoms with van der Waals surface area (Å²) in [6, 6.07) is 4.29. The third kappa shape index (κ3) is 6.13. The molecule has 0 radical (unpaired) electrons. The average molecular weight is 565 g/mol. The predicted octanol–water partition coefficient (Wildman–Crippen LogP) is 5.11. The number of amides is 1. The van der Waals surface area contributed by atoms with E-state index in [0.29, 0.717) is 13.0 Å². The Kier molecular flexibility index (Phi) is 7.95. The number of hydrogen-bond donors (Lipinski definition) is 0. The van der Waals surface area contributed by atoms with Gasteiger partial charge >= 0.3 is 18.0 Å². The molecule has 0 aliphatic carbocycles. The van der Waals surface area contributed by atoms with Gasteiger partial charge in [-0.05, 0) is 57.9 Å². The first-order valence-electron chi connectivity index (χ1n) is 13.0. The smallest absolute Gasteiger partial charge is 0.419 e. The summed E-state index contributed by atoms with van der Waals surface area (Å²) >= 11 is 0. The predicted molar refractivity (Wildman–Crippen MR) is 141 cm³/mol. The molecule has 1 aliphatic rings. The summed E-state index contributed by atoms with van der Waals surface area (Å²) in [4.78, 5) is 32.1. The van der Waals surface area contributed by atoms with Gasteiger partial charge in [0.05, 0.1) is 11.3 Å². The SMILES string of the molecule is CCCn1ncn(-c2ccc(-c3cnc(N4CCN(C(=O)OC(C)(C)C)CC4C)c(C(F)(F)F)c3)cc2F)c1=O. The van der Waals surface area contributed by atoms with E-state index in [1.165, 1.54) is 39.1 Å². The van der Waals surface area contributed by atoms with E-state index in [4.69, 9.17) is 4.74 Å². The summed E-state index contributed by atoms with van der Waals surface area (Å²) in [7, 11) is 0. The largest absolute Gasteiger partial charge is 0.444 e. The maximum Gasteiger partial charge on any atom is 0.419 e. The van der Waals surface area contributed by atoms with E-state index in [-0.39, 0.29) is 42.3 Å². The molecule has 1 unspecified atom stereocenters. The summed E-state index contributed by atoms with van der Waals surface area (Å²) in [5.41, 5.74) is -2.00. The molecule has 40 heavy (non-hydrogen) atoms. The lowest BCUT2D eigenvalue weighted by Gasteiger charge is -2.41. The van der Waals surface area contributed by atoms with Crippen molar-refractivity contribution in [2.75, 3.05) is 24.5 Å². The van der Waals surface area contributed by atoms with Crippen molar-refractivity contribution >= 4 is 11.9 Å². The molecular formula is C27H32F4N6O3. The molecule has 1 atom stereocenters. The Labute approximate surface area is 229 Å². The van der Waals surface area contributed by atoms with Gasteiger partial charge in [0.25, 0.3) is 0 Å². The van der Waals surface area contributed by atoms with E-state index in [1.807, 2.05) is 6.92 Å². The molecule has 13 heteroatoms. The first-order valence-corrected chi connectivity index (χ1v) is 13.0. The first-order chi connectivity index (χ1) is 18.7. The maximum atomic E-state index is 15.1. The zero-order chi connectivity index (χ0) is 29.4. The van der Waals surface area contributed by atoms with Crippen molar-refractivity contribution in [2.45, 2.75) is 65.4 Å². The molecule has 1 aliphatic heterocycles. The van der Waals surface area contributed by atoms with Crippen LogP contribution in [-0.2, 0) is 17.5 Å². The number of alkyl halides is 3. The summed E-state index contributed by atoms with van der Waals surface area (Å²) in [6.45, 7) is 9.64. The van der Waals surface area contributed by atoms with Gasteiger partial charge in [0, 0.05) is 44.0 Å². The topological polar surface area (TPSA) is 85.5 Å².